The zero-order chi connectivity index (χ0) is 15.2. The molecule has 1 aromatic heterocycles. The first kappa shape index (κ1) is 16.0. The molecule has 0 amide bonds. The fraction of sp³-hybridized carbons (Fsp3) is 0.467. The van der Waals surface area contributed by atoms with Crippen LogP contribution >= 0.6 is 15.9 Å². The summed E-state index contributed by atoms with van der Waals surface area (Å²) in [6.45, 7) is 2.90. The molecule has 0 fully saturated rings. The summed E-state index contributed by atoms with van der Waals surface area (Å²) in [5.41, 5.74) is 6.45. The Hall–Kier alpha value is -1.40. The zero-order valence-electron chi connectivity index (χ0n) is 12.3. The zero-order valence-corrected chi connectivity index (χ0v) is 13.9. The number of aryl methyl sites for hydroxylation is 1. The molecule has 0 bridgehead atoms. The molecule has 0 saturated heterocycles. The highest BCUT2D eigenvalue weighted by Gasteiger charge is 2.11. The van der Waals surface area contributed by atoms with Gasteiger partial charge in [-0.05, 0) is 59.4 Å². The molecule has 2 rings (SSSR count). The van der Waals surface area contributed by atoms with Gasteiger partial charge in [-0.3, -0.25) is 0 Å². The molecule has 0 radical (unpaired) electrons. The van der Waals surface area contributed by atoms with Gasteiger partial charge in [0.1, 0.15) is 5.75 Å². The first-order valence-electron chi connectivity index (χ1n) is 7.00. The number of benzene rings is 1. The highest BCUT2D eigenvalue weighted by Crippen LogP contribution is 2.29. The van der Waals surface area contributed by atoms with Crippen LogP contribution in [0.1, 0.15) is 25.7 Å². The number of hydrogen-bond donors (Lipinski definition) is 1. The lowest BCUT2D eigenvalue weighted by atomic mass is 10.0. The van der Waals surface area contributed by atoms with Gasteiger partial charge >= 0.3 is 0 Å². The SMILES string of the molecule is COc1ccc(-c2noc(CCC(C)CCN)n2)cc1Br. The van der Waals surface area contributed by atoms with Gasteiger partial charge in [0, 0.05) is 12.0 Å². The molecular formula is C15H20BrN3O2. The van der Waals surface area contributed by atoms with Crippen LogP contribution in [0.4, 0.5) is 0 Å². The summed E-state index contributed by atoms with van der Waals surface area (Å²) in [5.74, 6) is 2.61. The number of methoxy groups -OCH3 is 1. The van der Waals surface area contributed by atoms with Gasteiger partial charge in [0.15, 0.2) is 0 Å². The summed E-state index contributed by atoms with van der Waals surface area (Å²) < 4.78 is 11.4. The maximum atomic E-state index is 5.55. The summed E-state index contributed by atoms with van der Waals surface area (Å²) >= 11 is 3.46. The van der Waals surface area contributed by atoms with Gasteiger partial charge in [-0.1, -0.05) is 12.1 Å². The minimum absolute atomic E-state index is 0.570. The highest BCUT2D eigenvalue weighted by molar-refractivity contribution is 9.10. The standard InChI is InChI=1S/C15H20BrN3O2/c1-10(7-8-17)3-6-14-18-15(19-21-14)11-4-5-13(20-2)12(16)9-11/h4-5,9-10H,3,6-8,17H2,1-2H3. The van der Waals surface area contributed by atoms with Gasteiger partial charge in [0.25, 0.3) is 0 Å². The third-order valence-electron chi connectivity index (χ3n) is 3.39. The van der Waals surface area contributed by atoms with E-state index in [2.05, 4.69) is 33.0 Å². The molecule has 2 aromatic rings. The second-order valence-corrected chi connectivity index (χ2v) is 5.94. The van der Waals surface area contributed by atoms with E-state index in [0.717, 1.165) is 41.6 Å². The Bertz CT molecular complexity index is 586. The topological polar surface area (TPSA) is 74.2 Å². The van der Waals surface area contributed by atoms with Crippen LogP contribution in [0.25, 0.3) is 11.4 Å². The molecule has 0 saturated carbocycles. The van der Waals surface area contributed by atoms with Gasteiger partial charge in [0.2, 0.25) is 11.7 Å². The normalized spacial score (nSPS) is 12.4. The smallest absolute Gasteiger partial charge is 0.226 e. The first-order chi connectivity index (χ1) is 10.1. The Morgan fingerprint density at radius 2 is 2.19 bits per heavy atom. The summed E-state index contributed by atoms with van der Waals surface area (Å²) in [6.07, 6.45) is 2.81. The van der Waals surface area contributed by atoms with Crippen molar-refractivity contribution in [2.45, 2.75) is 26.2 Å². The van der Waals surface area contributed by atoms with E-state index in [9.17, 15) is 0 Å². The molecule has 1 atom stereocenters. The fourth-order valence-electron chi connectivity index (χ4n) is 2.08. The van der Waals surface area contributed by atoms with Crippen LogP contribution in [0.5, 0.6) is 5.75 Å². The quantitative estimate of drug-likeness (QED) is 0.825. The van der Waals surface area contributed by atoms with E-state index < -0.39 is 0 Å². The fourth-order valence-corrected chi connectivity index (χ4v) is 2.62. The van der Waals surface area contributed by atoms with Crippen molar-refractivity contribution in [2.24, 2.45) is 11.7 Å². The Morgan fingerprint density at radius 3 is 2.86 bits per heavy atom. The number of rotatable bonds is 7. The van der Waals surface area contributed by atoms with Crippen molar-refractivity contribution in [3.8, 4) is 17.1 Å². The molecule has 0 aliphatic rings. The Labute approximate surface area is 133 Å². The van der Waals surface area contributed by atoms with Gasteiger partial charge in [-0.2, -0.15) is 4.98 Å². The Morgan fingerprint density at radius 1 is 1.38 bits per heavy atom. The largest absolute Gasteiger partial charge is 0.496 e. The molecular weight excluding hydrogens is 334 g/mol. The van der Waals surface area contributed by atoms with Gasteiger partial charge in [-0.15, -0.1) is 0 Å². The number of nitrogens with zero attached hydrogens (tertiary/aromatic N) is 2. The van der Waals surface area contributed by atoms with E-state index in [1.807, 2.05) is 18.2 Å². The van der Waals surface area contributed by atoms with Crippen LogP contribution in [0, 0.1) is 5.92 Å². The summed E-state index contributed by atoms with van der Waals surface area (Å²) in [4.78, 5) is 4.44. The average molecular weight is 354 g/mol. The Kier molecular flexibility index (Phi) is 5.76. The van der Waals surface area contributed by atoms with Gasteiger partial charge in [-0.25, -0.2) is 0 Å². The maximum Gasteiger partial charge on any atom is 0.226 e. The number of aromatic nitrogens is 2. The van der Waals surface area contributed by atoms with Crippen LogP contribution in [-0.4, -0.2) is 23.8 Å². The molecule has 114 valence electrons. The average Bonchev–Trinajstić information content (AvgIpc) is 2.94. The second kappa shape index (κ2) is 7.56. The lowest BCUT2D eigenvalue weighted by molar-refractivity contribution is 0.362. The summed E-state index contributed by atoms with van der Waals surface area (Å²) in [7, 11) is 1.63. The van der Waals surface area contributed by atoms with Crippen molar-refractivity contribution in [3.63, 3.8) is 0 Å². The van der Waals surface area contributed by atoms with Crippen molar-refractivity contribution >= 4 is 15.9 Å². The highest BCUT2D eigenvalue weighted by atomic mass is 79.9. The van der Waals surface area contributed by atoms with Crippen LogP contribution < -0.4 is 10.5 Å². The number of ether oxygens (including phenoxy) is 1. The van der Waals surface area contributed by atoms with Crippen LogP contribution in [0.3, 0.4) is 0 Å². The van der Waals surface area contributed by atoms with Crippen molar-refractivity contribution in [1.29, 1.82) is 0 Å². The van der Waals surface area contributed by atoms with E-state index in [1.54, 1.807) is 7.11 Å². The van der Waals surface area contributed by atoms with Crippen molar-refractivity contribution in [3.05, 3.63) is 28.6 Å². The van der Waals surface area contributed by atoms with Gasteiger partial charge < -0.3 is 15.0 Å². The molecule has 0 spiro atoms. The molecule has 1 heterocycles. The van der Waals surface area contributed by atoms with Crippen molar-refractivity contribution in [2.75, 3.05) is 13.7 Å². The second-order valence-electron chi connectivity index (χ2n) is 5.08. The monoisotopic (exact) mass is 353 g/mol. The molecule has 0 aliphatic carbocycles. The van der Waals surface area contributed by atoms with Gasteiger partial charge in [0.05, 0.1) is 11.6 Å². The van der Waals surface area contributed by atoms with E-state index >= 15 is 0 Å². The number of nitrogens with two attached hydrogens (primary N) is 1. The molecule has 1 aromatic carbocycles. The minimum atomic E-state index is 0.570. The van der Waals surface area contributed by atoms with E-state index in [4.69, 9.17) is 15.0 Å². The maximum absolute atomic E-state index is 5.55. The Balaban J connectivity index is 2.04. The van der Waals surface area contributed by atoms with Crippen molar-refractivity contribution in [1.82, 2.24) is 10.1 Å². The molecule has 2 N–H and O–H groups in total. The summed E-state index contributed by atoms with van der Waals surface area (Å²) in [6, 6.07) is 5.71. The van der Waals surface area contributed by atoms with Crippen molar-refractivity contribution < 1.29 is 9.26 Å². The molecule has 21 heavy (non-hydrogen) atoms. The van der Waals surface area contributed by atoms with Crippen LogP contribution in [0.2, 0.25) is 0 Å². The minimum Gasteiger partial charge on any atom is -0.496 e. The third-order valence-corrected chi connectivity index (χ3v) is 4.01. The summed E-state index contributed by atoms with van der Waals surface area (Å²) in [5, 5.41) is 4.03. The van der Waals surface area contributed by atoms with E-state index in [0.29, 0.717) is 17.6 Å². The van der Waals surface area contributed by atoms with E-state index in [1.165, 1.54) is 0 Å². The first-order valence-corrected chi connectivity index (χ1v) is 7.80. The lowest BCUT2D eigenvalue weighted by Crippen LogP contribution is -2.06. The predicted molar refractivity (Wildman–Crippen MR) is 85.1 cm³/mol. The number of halogens is 1. The third kappa shape index (κ3) is 4.28. The predicted octanol–water partition coefficient (Wildman–Crippen LogP) is 3.43. The van der Waals surface area contributed by atoms with Crippen LogP contribution in [-0.2, 0) is 6.42 Å². The molecule has 6 heteroatoms. The molecule has 0 aliphatic heterocycles. The number of hydrogen-bond acceptors (Lipinski definition) is 5. The lowest BCUT2D eigenvalue weighted by Gasteiger charge is -2.06. The van der Waals surface area contributed by atoms with Crippen LogP contribution in [0.15, 0.2) is 27.2 Å². The molecule has 5 nitrogen and oxygen atoms in total. The van der Waals surface area contributed by atoms with E-state index in [-0.39, 0.29) is 0 Å². The molecule has 1 unspecified atom stereocenters.